The minimum atomic E-state index is -0.568. The molecule has 0 aliphatic heterocycles. The average molecular weight is 228 g/mol. The summed E-state index contributed by atoms with van der Waals surface area (Å²) in [5.41, 5.74) is -0.568. The zero-order valence-corrected chi connectivity index (χ0v) is 10.9. The number of nitrogens with one attached hydrogen (secondary N) is 1. The zero-order valence-electron chi connectivity index (χ0n) is 10.9. The molecule has 1 fully saturated rings. The van der Waals surface area contributed by atoms with Gasteiger partial charge in [0.2, 0.25) is 0 Å². The third-order valence-electron chi connectivity index (χ3n) is 2.95. The van der Waals surface area contributed by atoms with Gasteiger partial charge in [-0.3, -0.25) is 10.1 Å². The first kappa shape index (κ1) is 13.5. The molecule has 4 heteroatoms. The summed E-state index contributed by atoms with van der Waals surface area (Å²) >= 11 is 0. The normalized spacial score (nSPS) is 19.6. The molecule has 1 N–H and O–H groups in total. The summed E-state index contributed by atoms with van der Waals surface area (Å²) in [6.45, 7) is 7.94. The fourth-order valence-electron chi connectivity index (χ4n) is 1.79. The summed E-state index contributed by atoms with van der Waals surface area (Å²) in [6, 6.07) is 0.500. The highest BCUT2D eigenvalue weighted by molar-refractivity contribution is 5.80. The summed E-state index contributed by atoms with van der Waals surface area (Å²) in [5.74, 6) is -0.137. The second-order valence-electron chi connectivity index (χ2n) is 4.80. The van der Waals surface area contributed by atoms with Crippen LogP contribution in [-0.2, 0) is 9.53 Å². The molecule has 0 spiro atoms. The second kappa shape index (κ2) is 5.64. The topological polar surface area (TPSA) is 41.6 Å². The van der Waals surface area contributed by atoms with Crippen molar-refractivity contribution in [1.82, 2.24) is 10.2 Å². The molecule has 0 saturated heterocycles. The number of nitrogens with zero attached hydrogens (tertiary/aromatic N) is 1. The standard InChI is InChI=1S/C12H24N2O2/c1-5-14(4)9-12(3,11(15)16-6-2)13-10-7-8-10/h10,13H,5-9H2,1-4H3. The lowest BCUT2D eigenvalue weighted by Crippen LogP contribution is -2.57. The molecular formula is C12H24N2O2. The van der Waals surface area contributed by atoms with E-state index in [-0.39, 0.29) is 5.97 Å². The molecule has 1 aliphatic carbocycles. The summed E-state index contributed by atoms with van der Waals surface area (Å²) < 4.78 is 5.15. The average Bonchev–Trinajstić information content (AvgIpc) is 3.01. The number of esters is 1. The van der Waals surface area contributed by atoms with E-state index in [1.54, 1.807) is 0 Å². The van der Waals surface area contributed by atoms with Crippen molar-refractivity contribution in [1.29, 1.82) is 0 Å². The van der Waals surface area contributed by atoms with Gasteiger partial charge >= 0.3 is 5.97 Å². The predicted molar refractivity (Wildman–Crippen MR) is 64.4 cm³/mol. The highest BCUT2D eigenvalue weighted by atomic mass is 16.5. The van der Waals surface area contributed by atoms with Crippen LogP contribution in [0.1, 0.15) is 33.6 Å². The van der Waals surface area contributed by atoms with Gasteiger partial charge in [0.1, 0.15) is 5.54 Å². The van der Waals surface area contributed by atoms with Gasteiger partial charge in [-0.25, -0.2) is 0 Å². The Bertz CT molecular complexity index is 241. The molecule has 1 unspecified atom stereocenters. The summed E-state index contributed by atoms with van der Waals surface area (Å²) in [6.07, 6.45) is 2.34. The van der Waals surface area contributed by atoms with E-state index >= 15 is 0 Å². The quantitative estimate of drug-likeness (QED) is 0.660. The molecule has 1 aliphatic rings. The predicted octanol–water partition coefficient (Wildman–Crippen LogP) is 1.01. The number of carbonyl (C=O) groups is 1. The van der Waals surface area contributed by atoms with Gasteiger partial charge < -0.3 is 9.64 Å². The molecule has 0 amide bonds. The largest absolute Gasteiger partial charge is 0.465 e. The molecule has 0 bridgehead atoms. The van der Waals surface area contributed by atoms with Gasteiger partial charge in [-0.05, 0) is 40.3 Å². The lowest BCUT2D eigenvalue weighted by molar-refractivity contribution is -0.151. The zero-order chi connectivity index (χ0) is 12.2. The Hall–Kier alpha value is -0.610. The van der Waals surface area contributed by atoms with Crippen LogP contribution >= 0.6 is 0 Å². The Balaban J connectivity index is 2.61. The first-order chi connectivity index (χ1) is 7.51. The molecule has 16 heavy (non-hydrogen) atoms. The van der Waals surface area contributed by atoms with Crippen LogP contribution in [0.5, 0.6) is 0 Å². The molecule has 1 saturated carbocycles. The maximum atomic E-state index is 12.0. The van der Waals surface area contributed by atoms with E-state index in [4.69, 9.17) is 4.74 Å². The molecular weight excluding hydrogens is 204 g/mol. The molecule has 0 radical (unpaired) electrons. The van der Waals surface area contributed by atoms with Crippen molar-refractivity contribution >= 4 is 5.97 Å². The van der Waals surface area contributed by atoms with Crippen molar-refractivity contribution in [3.63, 3.8) is 0 Å². The van der Waals surface area contributed by atoms with E-state index in [9.17, 15) is 4.79 Å². The lowest BCUT2D eigenvalue weighted by atomic mass is 10.0. The highest BCUT2D eigenvalue weighted by Crippen LogP contribution is 2.23. The van der Waals surface area contributed by atoms with Crippen molar-refractivity contribution in [3.8, 4) is 0 Å². The molecule has 1 rings (SSSR count). The number of hydrogen-bond acceptors (Lipinski definition) is 4. The minimum Gasteiger partial charge on any atom is -0.465 e. The highest BCUT2D eigenvalue weighted by Gasteiger charge is 2.40. The number of carbonyl (C=O) groups excluding carboxylic acids is 1. The van der Waals surface area contributed by atoms with Gasteiger partial charge in [0.15, 0.2) is 0 Å². The van der Waals surface area contributed by atoms with Crippen LogP contribution in [0.2, 0.25) is 0 Å². The van der Waals surface area contributed by atoms with Crippen LogP contribution in [0, 0.1) is 0 Å². The molecule has 0 aromatic heterocycles. The first-order valence-electron chi connectivity index (χ1n) is 6.15. The Morgan fingerprint density at radius 3 is 2.56 bits per heavy atom. The summed E-state index contributed by atoms with van der Waals surface area (Å²) in [7, 11) is 2.02. The van der Waals surface area contributed by atoms with Crippen molar-refractivity contribution in [2.24, 2.45) is 0 Å². The SMILES string of the molecule is CCOC(=O)C(C)(CN(C)CC)NC1CC1. The van der Waals surface area contributed by atoms with E-state index < -0.39 is 5.54 Å². The monoisotopic (exact) mass is 228 g/mol. The van der Waals surface area contributed by atoms with Crippen LogP contribution < -0.4 is 5.32 Å². The molecule has 94 valence electrons. The van der Waals surface area contributed by atoms with Crippen molar-refractivity contribution < 1.29 is 9.53 Å². The fraction of sp³-hybridized carbons (Fsp3) is 0.917. The minimum absolute atomic E-state index is 0.137. The van der Waals surface area contributed by atoms with Crippen LogP contribution in [-0.4, -0.2) is 49.2 Å². The van der Waals surface area contributed by atoms with E-state index in [2.05, 4.69) is 17.1 Å². The third-order valence-corrected chi connectivity index (χ3v) is 2.95. The maximum absolute atomic E-state index is 12.0. The van der Waals surface area contributed by atoms with Gasteiger partial charge in [-0.2, -0.15) is 0 Å². The molecule has 1 atom stereocenters. The van der Waals surface area contributed by atoms with Gasteiger partial charge in [-0.15, -0.1) is 0 Å². The maximum Gasteiger partial charge on any atom is 0.327 e. The number of likely N-dealkylation sites (N-methyl/N-ethyl adjacent to an activating group) is 1. The molecule has 4 nitrogen and oxygen atoms in total. The molecule has 0 aromatic carbocycles. The van der Waals surface area contributed by atoms with Crippen LogP contribution in [0.25, 0.3) is 0 Å². The number of rotatable bonds is 7. The van der Waals surface area contributed by atoms with Crippen LogP contribution in [0.4, 0.5) is 0 Å². The molecule has 0 heterocycles. The lowest BCUT2D eigenvalue weighted by Gasteiger charge is -2.32. The first-order valence-corrected chi connectivity index (χ1v) is 6.15. The van der Waals surface area contributed by atoms with Gasteiger partial charge in [0, 0.05) is 12.6 Å². The summed E-state index contributed by atoms with van der Waals surface area (Å²) in [4.78, 5) is 14.1. The molecule has 0 aromatic rings. The Morgan fingerprint density at radius 2 is 2.12 bits per heavy atom. The van der Waals surface area contributed by atoms with Crippen LogP contribution in [0.3, 0.4) is 0 Å². The second-order valence-corrected chi connectivity index (χ2v) is 4.80. The van der Waals surface area contributed by atoms with Gasteiger partial charge in [0.05, 0.1) is 6.61 Å². The fourth-order valence-corrected chi connectivity index (χ4v) is 1.79. The summed E-state index contributed by atoms with van der Waals surface area (Å²) in [5, 5.41) is 3.40. The third kappa shape index (κ3) is 3.76. The van der Waals surface area contributed by atoms with Gasteiger partial charge in [-0.1, -0.05) is 6.92 Å². The van der Waals surface area contributed by atoms with Gasteiger partial charge in [0.25, 0.3) is 0 Å². The Morgan fingerprint density at radius 1 is 1.50 bits per heavy atom. The Labute approximate surface area is 98.3 Å². The van der Waals surface area contributed by atoms with Crippen molar-refractivity contribution in [2.45, 2.75) is 45.2 Å². The Kier molecular flexibility index (Phi) is 4.74. The van der Waals surface area contributed by atoms with E-state index in [0.717, 1.165) is 6.54 Å². The number of hydrogen-bond donors (Lipinski definition) is 1. The van der Waals surface area contributed by atoms with E-state index in [0.29, 0.717) is 19.2 Å². The van der Waals surface area contributed by atoms with Crippen LogP contribution in [0.15, 0.2) is 0 Å². The number of ether oxygens (including phenoxy) is 1. The van der Waals surface area contributed by atoms with E-state index in [1.807, 2.05) is 20.9 Å². The smallest absolute Gasteiger partial charge is 0.327 e. The van der Waals surface area contributed by atoms with Crippen molar-refractivity contribution in [2.75, 3.05) is 26.7 Å². The van der Waals surface area contributed by atoms with E-state index in [1.165, 1.54) is 12.8 Å². The van der Waals surface area contributed by atoms with Crippen molar-refractivity contribution in [3.05, 3.63) is 0 Å².